The number of hydrogen-bond acceptors (Lipinski definition) is 9. The molecule has 12 heteroatoms. The third kappa shape index (κ3) is 36.2. The fraction of sp³-hybridized carbons (Fsp3) is 0.732. The smallest absolute Gasteiger partial charge is 0.472 e. The Morgan fingerprint density at radius 1 is 0.585 bits per heavy atom. The molecule has 11 nitrogen and oxygen atoms in total. The number of hydrogen-bond donors (Lipinski definition) is 3. The van der Waals surface area contributed by atoms with Crippen LogP contribution in [0.2, 0.25) is 0 Å². The fourth-order valence-electron chi connectivity index (χ4n) is 5.06. The van der Waals surface area contributed by atoms with E-state index >= 15 is 0 Å². The zero-order valence-corrected chi connectivity index (χ0v) is 33.7. The minimum absolute atomic E-state index is 0.132. The largest absolute Gasteiger partial charge is 0.480 e. The van der Waals surface area contributed by atoms with Crippen LogP contribution in [0.1, 0.15) is 162 Å². The summed E-state index contributed by atoms with van der Waals surface area (Å²) in [4.78, 5) is 45.8. The third-order valence-electron chi connectivity index (χ3n) is 8.30. The number of allylic oxidation sites excluding steroid dienone is 8. The molecule has 3 atom stereocenters. The van der Waals surface area contributed by atoms with Gasteiger partial charge in [0.05, 0.1) is 13.2 Å². The molecule has 0 radical (unpaired) electrons. The first-order valence-corrected chi connectivity index (χ1v) is 21.7. The van der Waals surface area contributed by atoms with Crippen LogP contribution in [0.5, 0.6) is 0 Å². The predicted octanol–water partition coefficient (Wildman–Crippen LogP) is 10.2. The SMILES string of the molecule is CCCCC/C=C/C/C=C/C/C=C/CCCCCCC(=O)O[C@H](COC(=O)CCCCCCC/C=C/CCCCC)COP(=O)(O)OC[C@H](N)C(=O)O. The quantitative estimate of drug-likeness (QED) is 0.0238. The number of esters is 2. The molecule has 0 fully saturated rings. The van der Waals surface area contributed by atoms with Crippen molar-refractivity contribution >= 4 is 25.7 Å². The van der Waals surface area contributed by atoms with Gasteiger partial charge in [-0.3, -0.25) is 23.4 Å². The molecule has 4 N–H and O–H groups in total. The van der Waals surface area contributed by atoms with Crippen LogP contribution >= 0.6 is 7.82 Å². The van der Waals surface area contributed by atoms with Crippen molar-refractivity contribution in [2.75, 3.05) is 19.8 Å². The molecular formula is C41H72NO10P. The first-order valence-electron chi connectivity index (χ1n) is 20.2. The van der Waals surface area contributed by atoms with E-state index in [2.05, 4.69) is 67.0 Å². The van der Waals surface area contributed by atoms with Crippen molar-refractivity contribution < 1.29 is 47.5 Å². The summed E-state index contributed by atoms with van der Waals surface area (Å²) in [5.41, 5.74) is 5.32. The number of carboxylic acid groups (broad SMARTS) is 1. The first kappa shape index (κ1) is 50.4. The van der Waals surface area contributed by atoms with E-state index in [1.807, 2.05) is 0 Å². The lowest BCUT2D eigenvalue weighted by atomic mass is 10.1. The van der Waals surface area contributed by atoms with E-state index in [9.17, 15) is 23.8 Å². The molecule has 0 aliphatic heterocycles. The van der Waals surface area contributed by atoms with Crippen molar-refractivity contribution in [2.24, 2.45) is 5.73 Å². The lowest BCUT2D eigenvalue weighted by Gasteiger charge is -2.20. The van der Waals surface area contributed by atoms with Crippen LogP contribution in [0.4, 0.5) is 0 Å². The number of phosphoric acid groups is 1. The van der Waals surface area contributed by atoms with Crippen LogP contribution in [-0.2, 0) is 37.5 Å². The number of nitrogens with two attached hydrogens (primary N) is 1. The monoisotopic (exact) mass is 769 g/mol. The highest BCUT2D eigenvalue weighted by Gasteiger charge is 2.28. The zero-order chi connectivity index (χ0) is 39.3. The number of rotatable bonds is 37. The van der Waals surface area contributed by atoms with Gasteiger partial charge in [-0.15, -0.1) is 0 Å². The number of carbonyl (C=O) groups excluding carboxylic acids is 2. The van der Waals surface area contributed by atoms with Gasteiger partial charge in [0.15, 0.2) is 6.10 Å². The molecule has 0 heterocycles. The Morgan fingerprint density at radius 3 is 1.51 bits per heavy atom. The third-order valence-corrected chi connectivity index (χ3v) is 9.25. The maximum absolute atomic E-state index is 12.6. The van der Waals surface area contributed by atoms with Gasteiger partial charge in [0.1, 0.15) is 12.6 Å². The van der Waals surface area contributed by atoms with Crippen molar-refractivity contribution in [1.29, 1.82) is 0 Å². The highest BCUT2D eigenvalue weighted by Crippen LogP contribution is 2.43. The summed E-state index contributed by atoms with van der Waals surface area (Å²) < 4.78 is 32.6. The summed E-state index contributed by atoms with van der Waals surface area (Å²) in [5.74, 6) is -2.42. The van der Waals surface area contributed by atoms with Gasteiger partial charge in [0.2, 0.25) is 0 Å². The van der Waals surface area contributed by atoms with Crippen LogP contribution in [0, 0.1) is 0 Å². The summed E-state index contributed by atoms with van der Waals surface area (Å²) in [7, 11) is -4.72. The molecule has 0 aromatic heterocycles. The van der Waals surface area contributed by atoms with E-state index < -0.39 is 51.1 Å². The van der Waals surface area contributed by atoms with Gasteiger partial charge in [-0.25, -0.2) is 4.57 Å². The Bertz CT molecular complexity index is 1090. The number of unbranched alkanes of at least 4 members (excludes halogenated alkanes) is 15. The molecule has 53 heavy (non-hydrogen) atoms. The Labute approximate surface area is 320 Å². The Hall–Kier alpha value is -2.56. The predicted molar refractivity (Wildman–Crippen MR) is 212 cm³/mol. The Kier molecular flexibility index (Phi) is 34.7. The van der Waals surface area contributed by atoms with Gasteiger partial charge in [0.25, 0.3) is 0 Å². The zero-order valence-electron chi connectivity index (χ0n) is 32.8. The summed E-state index contributed by atoms with van der Waals surface area (Å²) in [6.45, 7) is 2.70. The van der Waals surface area contributed by atoms with Crippen molar-refractivity contribution in [1.82, 2.24) is 0 Å². The maximum atomic E-state index is 12.6. The summed E-state index contributed by atoms with van der Waals surface area (Å²) in [5, 5.41) is 8.87. The second kappa shape index (κ2) is 36.4. The summed E-state index contributed by atoms with van der Waals surface area (Å²) in [6, 6.07) is -1.53. The van der Waals surface area contributed by atoms with Gasteiger partial charge in [-0.2, -0.15) is 0 Å². The first-order chi connectivity index (χ1) is 25.6. The van der Waals surface area contributed by atoms with Gasteiger partial charge in [0, 0.05) is 12.8 Å². The van der Waals surface area contributed by atoms with Crippen molar-refractivity contribution in [3.63, 3.8) is 0 Å². The lowest BCUT2D eigenvalue weighted by molar-refractivity contribution is -0.161. The molecule has 0 saturated carbocycles. The van der Waals surface area contributed by atoms with Crippen LogP contribution in [0.25, 0.3) is 0 Å². The molecule has 0 aromatic carbocycles. The van der Waals surface area contributed by atoms with Crippen LogP contribution in [0.15, 0.2) is 48.6 Å². The number of ether oxygens (including phenoxy) is 2. The average Bonchev–Trinajstić information content (AvgIpc) is 3.13. The van der Waals surface area contributed by atoms with Crippen LogP contribution in [-0.4, -0.2) is 59.9 Å². The maximum Gasteiger partial charge on any atom is 0.472 e. The topological polar surface area (TPSA) is 172 Å². The second-order valence-electron chi connectivity index (χ2n) is 13.4. The van der Waals surface area contributed by atoms with Gasteiger partial charge in [-0.1, -0.05) is 120 Å². The van der Waals surface area contributed by atoms with Crippen molar-refractivity contribution in [3.05, 3.63) is 48.6 Å². The van der Waals surface area contributed by atoms with Gasteiger partial charge in [-0.05, 0) is 77.0 Å². The van der Waals surface area contributed by atoms with Crippen molar-refractivity contribution in [3.8, 4) is 0 Å². The van der Waals surface area contributed by atoms with E-state index in [1.54, 1.807) is 0 Å². The molecule has 0 spiro atoms. The molecule has 0 amide bonds. The highest BCUT2D eigenvalue weighted by molar-refractivity contribution is 7.47. The Morgan fingerprint density at radius 2 is 1.00 bits per heavy atom. The molecule has 0 aromatic rings. The van der Waals surface area contributed by atoms with Gasteiger partial charge >= 0.3 is 25.7 Å². The van der Waals surface area contributed by atoms with E-state index in [0.717, 1.165) is 83.5 Å². The summed E-state index contributed by atoms with van der Waals surface area (Å²) in [6.07, 6.45) is 38.9. The van der Waals surface area contributed by atoms with Gasteiger partial charge < -0.3 is 25.2 Å². The van der Waals surface area contributed by atoms with E-state index in [-0.39, 0.29) is 19.4 Å². The number of aliphatic carboxylic acids is 1. The summed E-state index contributed by atoms with van der Waals surface area (Å²) >= 11 is 0. The minimum Gasteiger partial charge on any atom is -0.480 e. The molecule has 0 aliphatic carbocycles. The number of carbonyl (C=O) groups is 3. The Balaban J connectivity index is 4.47. The van der Waals surface area contributed by atoms with Crippen LogP contribution in [0.3, 0.4) is 0 Å². The standard InChI is InChI=1S/C41H72NO10P/c1-3-5-7-9-11-13-15-17-18-19-20-21-23-25-27-29-31-33-40(44)52-37(35-50-53(47,48)51-36-38(42)41(45)46)34-49-39(43)32-30-28-26-24-22-16-14-12-10-8-6-4-2/h11-14,17-18,20-21,37-38H,3-10,15-16,19,22-36,42H2,1-2H3,(H,45,46)(H,47,48)/b13-11+,14-12+,18-17+,21-20+/t37-,38+/m1/s1. The average molecular weight is 770 g/mol. The normalized spacial score (nSPS) is 14.3. The molecular weight excluding hydrogens is 697 g/mol. The highest BCUT2D eigenvalue weighted by atomic mass is 31.2. The molecule has 0 aliphatic rings. The molecule has 0 bridgehead atoms. The van der Waals surface area contributed by atoms with E-state index in [4.69, 9.17) is 24.8 Å². The molecule has 1 unspecified atom stereocenters. The number of carboxylic acids is 1. The van der Waals surface area contributed by atoms with Crippen molar-refractivity contribution in [2.45, 2.75) is 174 Å². The van der Waals surface area contributed by atoms with E-state index in [1.165, 1.54) is 38.5 Å². The minimum atomic E-state index is -4.72. The molecule has 0 rings (SSSR count). The fourth-order valence-corrected chi connectivity index (χ4v) is 5.84. The van der Waals surface area contributed by atoms with Crippen LogP contribution < -0.4 is 5.73 Å². The second-order valence-corrected chi connectivity index (χ2v) is 14.9. The van der Waals surface area contributed by atoms with E-state index in [0.29, 0.717) is 12.8 Å². The number of phosphoric ester groups is 1. The molecule has 306 valence electrons. The molecule has 0 saturated heterocycles. The lowest BCUT2D eigenvalue weighted by Crippen LogP contribution is -2.34.